The molecule has 0 aliphatic heterocycles. The van der Waals surface area contributed by atoms with E-state index in [-0.39, 0.29) is 11.5 Å². The second-order valence-electron chi connectivity index (χ2n) is 5.24. The first-order chi connectivity index (χ1) is 9.65. The number of halogens is 1. The van der Waals surface area contributed by atoms with Crippen LogP contribution < -0.4 is 15.8 Å². The summed E-state index contributed by atoms with van der Waals surface area (Å²) >= 11 is 0. The number of carbonyl (C=O) groups excluding carboxylic acids is 1. The van der Waals surface area contributed by atoms with Crippen LogP contribution in [0.3, 0.4) is 0 Å². The highest BCUT2D eigenvalue weighted by molar-refractivity contribution is 5.94. The number of carbonyl (C=O) groups is 1. The third kappa shape index (κ3) is 3.28. The molecular formula is C15H21FN2O2. The molecule has 0 spiro atoms. The molecule has 0 radical (unpaired) electrons. The van der Waals surface area contributed by atoms with Crippen molar-refractivity contribution in [1.29, 1.82) is 0 Å². The number of nitrogens with one attached hydrogen (secondary N) is 1. The van der Waals surface area contributed by atoms with Crippen LogP contribution in [0.25, 0.3) is 0 Å². The highest BCUT2D eigenvalue weighted by Gasteiger charge is 2.26. The van der Waals surface area contributed by atoms with Gasteiger partial charge in [0.1, 0.15) is 11.6 Å². The zero-order valence-corrected chi connectivity index (χ0v) is 11.7. The van der Waals surface area contributed by atoms with Crippen molar-refractivity contribution in [2.75, 3.05) is 20.2 Å². The zero-order chi connectivity index (χ0) is 14.5. The molecule has 1 aliphatic rings. The minimum absolute atomic E-state index is 0.0492. The molecule has 1 aliphatic carbocycles. The van der Waals surface area contributed by atoms with Crippen molar-refractivity contribution in [1.82, 2.24) is 5.32 Å². The Balaban J connectivity index is 1.95. The third-order valence-electron chi connectivity index (χ3n) is 4.06. The van der Waals surface area contributed by atoms with E-state index < -0.39 is 5.82 Å². The van der Waals surface area contributed by atoms with Crippen LogP contribution >= 0.6 is 0 Å². The van der Waals surface area contributed by atoms with Gasteiger partial charge in [0.25, 0.3) is 5.91 Å². The van der Waals surface area contributed by atoms with E-state index >= 15 is 0 Å². The molecule has 0 aromatic heterocycles. The van der Waals surface area contributed by atoms with Crippen molar-refractivity contribution in [2.24, 2.45) is 17.6 Å². The Labute approximate surface area is 118 Å². The standard InChI is InChI=1S/C15H21FN2O2/c1-20-12-5-6-13(14(16)7-12)15(19)18-9-11-4-2-3-10(11)8-17/h5-7,10-11H,2-4,8-9,17H2,1H3,(H,18,19). The molecule has 0 heterocycles. The van der Waals surface area contributed by atoms with E-state index in [0.717, 1.165) is 19.3 Å². The summed E-state index contributed by atoms with van der Waals surface area (Å²) in [6.07, 6.45) is 3.35. The second kappa shape index (κ2) is 6.70. The number of hydrogen-bond donors (Lipinski definition) is 2. The molecule has 2 atom stereocenters. The van der Waals surface area contributed by atoms with E-state index in [1.54, 1.807) is 6.07 Å². The van der Waals surface area contributed by atoms with Gasteiger partial charge < -0.3 is 15.8 Å². The highest BCUT2D eigenvalue weighted by Crippen LogP contribution is 2.30. The van der Waals surface area contributed by atoms with Crippen LogP contribution in [0, 0.1) is 17.7 Å². The molecule has 20 heavy (non-hydrogen) atoms. The van der Waals surface area contributed by atoms with Gasteiger partial charge in [-0.2, -0.15) is 0 Å². The minimum atomic E-state index is -0.566. The topological polar surface area (TPSA) is 64.3 Å². The van der Waals surface area contributed by atoms with Crippen molar-refractivity contribution in [2.45, 2.75) is 19.3 Å². The molecular weight excluding hydrogens is 259 g/mol. The van der Waals surface area contributed by atoms with Gasteiger partial charge >= 0.3 is 0 Å². The Morgan fingerprint density at radius 1 is 1.45 bits per heavy atom. The van der Waals surface area contributed by atoms with Gasteiger partial charge in [0.15, 0.2) is 0 Å². The van der Waals surface area contributed by atoms with E-state index in [1.165, 1.54) is 19.2 Å². The van der Waals surface area contributed by atoms with Crippen molar-refractivity contribution in [3.8, 4) is 5.75 Å². The van der Waals surface area contributed by atoms with E-state index in [2.05, 4.69) is 5.32 Å². The molecule has 1 aromatic rings. The molecule has 1 fully saturated rings. The number of amides is 1. The predicted octanol–water partition coefficient (Wildman–Crippen LogP) is 1.94. The smallest absolute Gasteiger partial charge is 0.254 e. The average molecular weight is 280 g/mol. The van der Waals surface area contributed by atoms with Crippen molar-refractivity contribution in [3.05, 3.63) is 29.6 Å². The van der Waals surface area contributed by atoms with Gasteiger partial charge in [-0.15, -0.1) is 0 Å². The minimum Gasteiger partial charge on any atom is -0.497 e. The summed E-state index contributed by atoms with van der Waals surface area (Å²) < 4.78 is 18.7. The SMILES string of the molecule is COc1ccc(C(=O)NCC2CCCC2CN)c(F)c1. The molecule has 0 bridgehead atoms. The summed E-state index contributed by atoms with van der Waals surface area (Å²) in [5.74, 6) is 0.329. The Kier molecular flexibility index (Phi) is 4.95. The predicted molar refractivity (Wildman–Crippen MR) is 75.2 cm³/mol. The molecule has 1 amide bonds. The van der Waals surface area contributed by atoms with Crippen LogP contribution in [0.4, 0.5) is 4.39 Å². The Morgan fingerprint density at radius 3 is 2.85 bits per heavy atom. The summed E-state index contributed by atoms with van der Waals surface area (Å²) in [6.45, 7) is 1.21. The maximum atomic E-state index is 13.8. The summed E-state index contributed by atoms with van der Waals surface area (Å²) in [5.41, 5.74) is 5.76. The maximum absolute atomic E-state index is 13.8. The first-order valence-electron chi connectivity index (χ1n) is 6.97. The summed E-state index contributed by atoms with van der Waals surface area (Å²) in [5, 5.41) is 2.81. The molecule has 2 unspecified atom stereocenters. The summed E-state index contributed by atoms with van der Waals surface area (Å²) in [6, 6.07) is 4.24. The van der Waals surface area contributed by atoms with E-state index in [0.29, 0.717) is 30.7 Å². The maximum Gasteiger partial charge on any atom is 0.254 e. The van der Waals surface area contributed by atoms with Crippen molar-refractivity contribution >= 4 is 5.91 Å². The first-order valence-corrected chi connectivity index (χ1v) is 6.97. The summed E-state index contributed by atoms with van der Waals surface area (Å²) in [7, 11) is 1.46. The Hall–Kier alpha value is -1.62. The lowest BCUT2D eigenvalue weighted by molar-refractivity contribution is 0.0940. The van der Waals surface area contributed by atoms with Crippen LogP contribution in [0.15, 0.2) is 18.2 Å². The van der Waals surface area contributed by atoms with Crippen LogP contribution in [-0.4, -0.2) is 26.1 Å². The van der Waals surface area contributed by atoms with Gasteiger partial charge in [0.05, 0.1) is 12.7 Å². The number of benzene rings is 1. The molecule has 2 rings (SSSR count). The number of methoxy groups -OCH3 is 1. The fraction of sp³-hybridized carbons (Fsp3) is 0.533. The number of nitrogens with two attached hydrogens (primary N) is 1. The normalized spacial score (nSPS) is 21.8. The highest BCUT2D eigenvalue weighted by atomic mass is 19.1. The Bertz CT molecular complexity index is 479. The average Bonchev–Trinajstić information content (AvgIpc) is 2.92. The monoisotopic (exact) mass is 280 g/mol. The van der Waals surface area contributed by atoms with Crippen LogP contribution in [0.5, 0.6) is 5.75 Å². The van der Waals surface area contributed by atoms with Gasteiger partial charge in [-0.1, -0.05) is 6.42 Å². The molecule has 0 saturated heterocycles. The largest absolute Gasteiger partial charge is 0.497 e. The molecule has 1 aromatic carbocycles. The van der Waals surface area contributed by atoms with Gasteiger partial charge in [-0.25, -0.2) is 4.39 Å². The summed E-state index contributed by atoms with van der Waals surface area (Å²) in [4.78, 5) is 12.0. The zero-order valence-electron chi connectivity index (χ0n) is 11.7. The van der Waals surface area contributed by atoms with E-state index in [9.17, 15) is 9.18 Å². The van der Waals surface area contributed by atoms with Crippen LogP contribution in [0.1, 0.15) is 29.6 Å². The van der Waals surface area contributed by atoms with Gasteiger partial charge in [-0.3, -0.25) is 4.79 Å². The van der Waals surface area contributed by atoms with Gasteiger partial charge in [0, 0.05) is 12.6 Å². The lowest BCUT2D eigenvalue weighted by Crippen LogP contribution is -2.33. The fourth-order valence-corrected chi connectivity index (χ4v) is 2.82. The first kappa shape index (κ1) is 14.8. The molecule has 5 heteroatoms. The Morgan fingerprint density at radius 2 is 2.20 bits per heavy atom. The second-order valence-corrected chi connectivity index (χ2v) is 5.24. The molecule has 3 N–H and O–H groups in total. The van der Waals surface area contributed by atoms with Crippen molar-refractivity contribution in [3.63, 3.8) is 0 Å². The van der Waals surface area contributed by atoms with Gasteiger partial charge in [0.2, 0.25) is 0 Å². The van der Waals surface area contributed by atoms with Gasteiger partial charge in [-0.05, 0) is 43.4 Å². The van der Waals surface area contributed by atoms with Crippen LogP contribution in [-0.2, 0) is 0 Å². The molecule has 1 saturated carbocycles. The van der Waals surface area contributed by atoms with Crippen molar-refractivity contribution < 1.29 is 13.9 Å². The third-order valence-corrected chi connectivity index (χ3v) is 4.06. The number of hydrogen-bond acceptors (Lipinski definition) is 3. The lowest BCUT2D eigenvalue weighted by Gasteiger charge is -2.18. The van der Waals surface area contributed by atoms with Crippen LogP contribution in [0.2, 0.25) is 0 Å². The molecule has 110 valence electrons. The molecule has 4 nitrogen and oxygen atoms in total. The number of ether oxygens (including phenoxy) is 1. The van der Waals surface area contributed by atoms with E-state index in [4.69, 9.17) is 10.5 Å². The number of rotatable bonds is 5. The fourth-order valence-electron chi connectivity index (χ4n) is 2.82. The lowest BCUT2D eigenvalue weighted by atomic mass is 9.96. The quantitative estimate of drug-likeness (QED) is 0.866. The van der Waals surface area contributed by atoms with E-state index in [1.807, 2.05) is 0 Å².